The number of nitrogens with zero attached hydrogens (tertiary/aromatic N) is 1. The second-order valence-electron chi connectivity index (χ2n) is 9.05. The van der Waals surface area contributed by atoms with Crippen LogP contribution in [0, 0.1) is 46.5 Å². The minimum atomic E-state index is -3.95. The first-order valence-electron chi connectivity index (χ1n) is 11.4. The lowest BCUT2D eigenvalue weighted by Crippen LogP contribution is -2.32. The molecule has 0 heterocycles. The first kappa shape index (κ1) is 27.0. The number of hydrogen-bond donors (Lipinski definition) is 1. The van der Waals surface area contributed by atoms with Crippen LogP contribution in [0.3, 0.4) is 0 Å². The van der Waals surface area contributed by atoms with Crippen molar-refractivity contribution in [3.63, 3.8) is 0 Å². The van der Waals surface area contributed by atoms with Crippen LogP contribution in [0.5, 0.6) is 0 Å². The number of carbonyl (C=O) groups is 1. The monoisotopic (exact) mass is 526 g/mol. The molecule has 1 N–H and O–H groups in total. The smallest absolute Gasteiger partial charge is 0.255 e. The summed E-state index contributed by atoms with van der Waals surface area (Å²) in [6.45, 7) is 3.84. The molecule has 4 atom stereocenters. The van der Waals surface area contributed by atoms with Gasteiger partial charge in [-0.15, -0.1) is 0 Å². The van der Waals surface area contributed by atoms with Gasteiger partial charge in [-0.25, -0.2) is 21.6 Å². The number of anilines is 1. The van der Waals surface area contributed by atoms with E-state index in [2.05, 4.69) is 11.4 Å². The second-order valence-corrected chi connectivity index (χ2v) is 11.5. The number of nitrogens with one attached hydrogen (secondary N) is 1. The topological polar surface area (TPSA) is 87.0 Å². The number of amides is 1. The summed E-state index contributed by atoms with van der Waals surface area (Å²) in [6, 6.07) is 7.15. The number of sulfone groups is 1. The SMILES string of the molecule is CC[C@@H](CC#N)C[C@@H]1CCC(C)C1S(=O)(=O)c1cc(C(=O)Nc2cc(F)c(F)c(F)c2)ccc1Cl. The first-order chi connectivity index (χ1) is 16.5. The second kappa shape index (κ2) is 11.0. The third-order valence-electron chi connectivity index (χ3n) is 6.71. The van der Waals surface area contributed by atoms with Crippen LogP contribution >= 0.6 is 11.6 Å². The van der Waals surface area contributed by atoms with E-state index in [4.69, 9.17) is 16.9 Å². The molecule has 2 unspecified atom stereocenters. The Morgan fingerprint density at radius 2 is 1.86 bits per heavy atom. The molecule has 0 spiro atoms. The lowest BCUT2D eigenvalue weighted by atomic mass is 9.89. The lowest BCUT2D eigenvalue weighted by molar-refractivity contribution is 0.102. The van der Waals surface area contributed by atoms with Gasteiger partial charge in [-0.05, 0) is 55.2 Å². The first-order valence-corrected chi connectivity index (χ1v) is 13.3. The molecule has 1 aliphatic rings. The Bertz CT molecular complexity index is 1240. The van der Waals surface area contributed by atoms with Crippen LogP contribution in [0.25, 0.3) is 0 Å². The van der Waals surface area contributed by atoms with Gasteiger partial charge in [0.15, 0.2) is 27.3 Å². The molecule has 188 valence electrons. The van der Waals surface area contributed by atoms with Gasteiger partial charge in [-0.3, -0.25) is 4.79 Å². The van der Waals surface area contributed by atoms with Gasteiger partial charge in [0.05, 0.1) is 21.2 Å². The molecule has 1 saturated carbocycles. The van der Waals surface area contributed by atoms with Crippen LogP contribution < -0.4 is 5.32 Å². The van der Waals surface area contributed by atoms with Gasteiger partial charge in [0.1, 0.15) is 0 Å². The molecule has 2 aromatic carbocycles. The Kier molecular flexibility index (Phi) is 8.50. The zero-order valence-corrected chi connectivity index (χ0v) is 20.9. The summed E-state index contributed by atoms with van der Waals surface area (Å²) in [4.78, 5) is 12.5. The quantitative estimate of drug-likeness (QED) is 0.396. The fourth-order valence-corrected chi connectivity index (χ4v) is 7.74. The minimum Gasteiger partial charge on any atom is -0.322 e. The Morgan fingerprint density at radius 1 is 1.20 bits per heavy atom. The van der Waals surface area contributed by atoms with E-state index in [0.29, 0.717) is 31.4 Å². The molecular weight excluding hydrogens is 501 g/mol. The fourth-order valence-electron chi connectivity index (χ4n) is 4.87. The van der Waals surface area contributed by atoms with Crippen molar-refractivity contribution in [3.05, 3.63) is 58.4 Å². The number of nitriles is 1. The Morgan fingerprint density at radius 3 is 2.46 bits per heavy atom. The standard InChI is InChI=1S/C25H26ClF3N2O3S/c1-3-15(8-9-30)10-16-5-4-14(2)24(16)35(33,34)22-11-17(6-7-19(22)26)25(32)31-18-12-20(27)23(29)21(28)13-18/h6-7,11-16,24H,3-5,8,10H2,1-2H3,(H,31,32)/t14?,15-,16-,24?/m0/s1. The highest BCUT2D eigenvalue weighted by Crippen LogP contribution is 2.44. The van der Waals surface area contributed by atoms with E-state index in [1.165, 1.54) is 12.1 Å². The minimum absolute atomic E-state index is 0.0395. The van der Waals surface area contributed by atoms with Crippen LogP contribution in [-0.4, -0.2) is 19.6 Å². The van der Waals surface area contributed by atoms with Crippen molar-refractivity contribution < 1.29 is 26.4 Å². The van der Waals surface area contributed by atoms with E-state index < -0.39 is 38.4 Å². The van der Waals surface area contributed by atoms with Crippen molar-refractivity contribution >= 4 is 33.0 Å². The Labute approximate surface area is 208 Å². The molecule has 5 nitrogen and oxygen atoms in total. The van der Waals surface area contributed by atoms with Gasteiger partial charge in [0.25, 0.3) is 5.91 Å². The zero-order valence-electron chi connectivity index (χ0n) is 19.3. The molecule has 3 rings (SSSR count). The maximum atomic E-state index is 13.7. The van der Waals surface area contributed by atoms with Crippen molar-refractivity contribution in [2.45, 2.75) is 56.1 Å². The summed E-state index contributed by atoms with van der Waals surface area (Å²) in [5.74, 6) is -5.62. The van der Waals surface area contributed by atoms with Crippen molar-refractivity contribution in [3.8, 4) is 6.07 Å². The van der Waals surface area contributed by atoms with Crippen molar-refractivity contribution in [2.24, 2.45) is 17.8 Å². The van der Waals surface area contributed by atoms with Crippen LogP contribution in [-0.2, 0) is 9.84 Å². The van der Waals surface area contributed by atoms with Gasteiger partial charge >= 0.3 is 0 Å². The van der Waals surface area contributed by atoms with E-state index in [0.717, 1.165) is 18.9 Å². The lowest BCUT2D eigenvalue weighted by Gasteiger charge is -2.26. The van der Waals surface area contributed by atoms with Crippen LogP contribution in [0.15, 0.2) is 35.2 Å². The average Bonchev–Trinajstić information content (AvgIpc) is 3.17. The molecular formula is C25H26ClF3N2O3S. The van der Waals surface area contributed by atoms with E-state index in [-0.39, 0.29) is 38.9 Å². The fraction of sp³-hybridized carbons (Fsp3) is 0.440. The largest absolute Gasteiger partial charge is 0.322 e. The summed E-state index contributed by atoms with van der Waals surface area (Å²) in [5.41, 5.74) is -0.408. The van der Waals surface area contributed by atoms with Crippen LogP contribution in [0.2, 0.25) is 5.02 Å². The maximum Gasteiger partial charge on any atom is 0.255 e. The van der Waals surface area contributed by atoms with Gasteiger partial charge in [-0.2, -0.15) is 5.26 Å². The third-order valence-corrected chi connectivity index (χ3v) is 9.67. The molecule has 35 heavy (non-hydrogen) atoms. The molecule has 0 radical (unpaired) electrons. The number of benzene rings is 2. The number of halogens is 4. The molecule has 1 aliphatic carbocycles. The highest BCUT2D eigenvalue weighted by Gasteiger charge is 2.44. The molecule has 0 aliphatic heterocycles. The Balaban J connectivity index is 1.91. The van der Waals surface area contributed by atoms with Crippen molar-refractivity contribution in [1.29, 1.82) is 5.26 Å². The highest BCUT2D eigenvalue weighted by molar-refractivity contribution is 7.92. The zero-order chi connectivity index (χ0) is 25.9. The normalized spacial score (nSPS) is 20.9. The molecule has 1 fully saturated rings. The molecule has 0 aromatic heterocycles. The molecule has 2 aromatic rings. The van der Waals surface area contributed by atoms with E-state index in [1.54, 1.807) is 0 Å². The molecule has 1 amide bonds. The summed E-state index contributed by atoms with van der Waals surface area (Å²) in [7, 11) is -3.95. The molecule has 0 saturated heterocycles. The highest BCUT2D eigenvalue weighted by atomic mass is 35.5. The molecule has 10 heteroatoms. The van der Waals surface area contributed by atoms with E-state index in [9.17, 15) is 26.4 Å². The number of hydrogen-bond acceptors (Lipinski definition) is 4. The van der Waals surface area contributed by atoms with Crippen molar-refractivity contribution in [2.75, 3.05) is 5.32 Å². The van der Waals surface area contributed by atoms with Crippen molar-refractivity contribution in [1.82, 2.24) is 0 Å². The number of rotatable bonds is 8. The molecule has 0 bridgehead atoms. The third kappa shape index (κ3) is 5.81. The van der Waals surface area contributed by atoms with Gasteiger partial charge in [-0.1, -0.05) is 31.9 Å². The summed E-state index contributed by atoms with van der Waals surface area (Å²) < 4.78 is 67.7. The predicted octanol–water partition coefficient (Wildman–Crippen LogP) is 6.53. The van der Waals surface area contributed by atoms with E-state index in [1.807, 2.05) is 13.8 Å². The average molecular weight is 527 g/mol. The van der Waals surface area contributed by atoms with Gasteiger partial charge in [0, 0.05) is 29.8 Å². The predicted molar refractivity (Wildman–Crippen MR) is 127 cm³/mol. The van der Waals surface area contributed by atoms with Gasteiger partial charge in [0.2, 0.25) is 0 Å². The van der Waals surface area contributed by atoms with Crippen LogP contribution in [0.4, 0.5) is 18.9 Å². The summed E-state index contributed by atoms with van der Waals surface area (Å²) in [5, 5.41) is 10.6. The summed E-state index contributed by atoms with van der Waals surface area (Å²) in [6.07, 6.45) is 3.17. The van der Waals surface area contributed by atoms with Gasteiger partial charge < -0.3 is 5.32 Å². The van der Waals surface area contributed by atoms with Crippen LogP contribution in [0.1, 0.15) is 56.3 Å². The maximum absolute atomic E-state index is 13.7. The van der Waals surface area contributed by atoms with E-state index >= 15 is 0 Å². The Hall–Kier alpha value is -2.57. The summed E-state index contributed by atoms with van der Waals surface area (Å²) >= 11 is 6.27. The number of carbonyl (C=O) groups excluding carboxylic acids is 1.